The van der Waals surface area contributed by atoms with Gasteiger partial charge in [0.15, 0.2) is 0 Å². The lowest BCUT2D eigenvalue weighted by Gasteiger charge is -2.33. The van der Waals surface area contributed by atoms with Crippen LogP contribution in [0, 0.1) is 19.8 Å². The average Bonchev–Trinajstić information content (AvgIpc) is 2.78. The van der Waals surface area contributed by atoms with Gasteiger partial charge in [0.2, 0.25) is 0 Å². The molecule has 2 aromatic carbocycles. The summed E-state index contributed by atoms with van der Waals surface area (Å²) in [5, 5.41) is 26.0. The van der Waals surface area contributed by atoms with E-state index in [1.165, 1.54) is 11.1 Å². The van der Waals surface area contributed by atoms with E-state index in [0.29, 0.717) is 25.0 Å². The zero-order chi connectivity index (χ0) is 23.4. The van der Waals surface area contributed by atoms with Crippen molar-refractivity contribution < 1.29 is 15.1 Å². The second kappa shape index (κ2) is 9.86. The van der Waals surface area contributed by atoms with Crippen molar-refractivity contribution in [2.75, 3.05) is 5.32 Å². The summed E-state index contributed by atoms with van der Waals surface area (Å²) in [6.45, 7) is 4.02. The number of aryl methyl sites for hydroxylation is 2. The first-order valence-corrected chi connectivity index (χ1v) is 11.2. The number of hydrogen-bond donors (Lipinski definition) is 3. The average molecular weight is 444 g/mol. The van der Waals surface area contributed by atoms with Crippen molar-refractivity contribution in [1.82, 2.24) is 4.98 Å². The summed E-state index contributed by atoms with van der Waals surface area (Å²) in [6.07, 6.45) is 3.59. The van der Waals surface area contributed by atoms with Crippen molar-refractivity contribution in [3.05, 3.63) is 94.8 Å². The summed E-state index contributed by atoms with van der Waals surface area (Å²) in [7, 11) is 0. The number of hydrogen-bond acceptors (Lipinski definition) is 5. The Labute approximate surface area is 194 Å². The zero-order valence-corrected chi connectivity index (χ0v) is 18.9. The zero-order valence-electron chi connectivity index (χ0n) is 18.9. The molecule has 3 N–H and O–H groups in total. The first kappa shape index (κ1) is 22.5. The van der Waals surface area contributed by atoms with Gasteiger partial charge in [-0.1, -0.05) is 41.6 Å². The van der Waals surface area contributed by atoms with Gasteiger partial charge in [-0.3, -0.25) is 9.78 Å². The first-order valence-electron chi connectivity index (χ1n) is 11.2. The van der Waals surface area contributed by atoms with Gasteiger partial charge in [0.05, 0.1) is 11.6 Å². The minimum Gasteiger partial charge on any atom is -0.481 e. The van der Waals surface area contributed by atoms with Gasteiger partial charge >= 0.3 is 5.97 Å². The highest BCUT2D eigenvalue weighted by atomic mass is 16.4. The minimum atomic E-state index is -0.713. The van der Waals surface area contributed by atoms with Crippen molar-refractivity contribution >= 4 is 17.4 Å². The second-order valence-electron chi connectivity index (χ2n) is 8.82. The van der Waals surface area contributed by atoms with Crippen LogP contribution in [-0.2, 0) is 4.79 Å². The van der Waals surface area contributed by atoms with E-state index < -0.39 is 5.97 Å². The Balaban J connectivity index is 1.58. The molecule has 0 unspecified atom stereocenters. The van der Waals surface area contributed by atoms with E-state index in [2.05, 4.69) is 46.6 Å². The van der Waals surface area contributed by atoms with Crippen LogP contribution >= 0.6 is 0 Å². The molecule has 1 aromatic heterocycles. The molecular formula is C27H29N3O3. The molecule has 0 aliphatic heterocycles. The highest BCUT2D eigenvalue weighted by molar-refractivity contribution is 6.01. The Morgan fingerprint density at radius 2 is 1.85 bits per heavy atom. The molecule has 1 aliphatic carbocycles. The summed E-state index contributed by atoms with van der Waals surface area (Å²) < 4.78 is 0. The van der Waals surface area contributed by atoms with Gasteiger partial charge in [-0.05, 0) is 67.6 Å². The maximum atomic E-state index is 11.0. The van der Waals surface area contributed by atoms with Crippen LogP contribution in [0.1, 0.15) is 53.1 Å². The number of aromatic nitrogens is 1. The van der Waals surface area contributed by atoms with Crippen LogP contribution in [-0.4, -0.2) is 33.0 Å². The van der Waals surface area contributed by atoms with E-state index in [4.69, 9.17) is 5.11 Å². The molecule has 1 aliphatic rings. The molecule has 0 radical (unpaired) electrons. The smallest absolute Gasteiger partial charge is 0.306 e. The Kier molecular flexibility index (Phi) is 6.73. The van der Waals surface area contributed by atoms with Gasteiger partial charge in [0.25, 0.3) is 0 Å². The maximum absolute atomic E-state index is 11.0. The Hall–Kier alpha value is -3.67. The second-order valence-corrected chi connectivity index (χ2v) is 8.82. The highest BCUT2D eigenvalue weighted by Gasteiger charge is 2.34. The normalized spacial score (nSPS) is 18.9. The van der Waals surface area contributed by atoms with Crippen LogP contribution in [0.3, 0.4) is 0 Å². The number of nitrogens with zero attached hydrogens (tertiary/aromatic N) is 2. The number of benzene rings is 2. The van der Waals surface area contributed by atoms with Crippen molar-refractivity contribution in [3.8, 4) is 0 Å². The number of nitrogens with one attached hydrogen (secondary N) is 1. The van der Waals surface area contributed by atoms with E-state index in [0.717, 1.165) is 22.5 Å². The third kappa shape index (κ3) is 5.22. The molecule has 4 rings (SSSR count). The van der Waals surface area contributed by atoms with Crippen molar-refractivity contribution in [2.45, 2.75) is 45.1 Å². The van der Waals surface area contributed by atoms with Crippen LogP contribution in [0.4, 0.5) is 5.69 Å². The molecule has 6 heteroatoms. The number of carboxylic acids is 1. The molecule has 170 valence electrons. The Bertz CT molecular complexity index is 1150. The largest absolute Gasteiger partial charge is 0.481 e. The monoisotopic (exact) mass is 443 g/mol. The van der Waals surface area contributed by atoms with Gasteiger partial charge < -0.3 is 15.6 Å². The fourth-order valence-electron chi connectivity index (χ4n) is 4.50. The maximum Gasteiger partial charge on any atom is 0.306 e. The standard InChI is InChI=1S/C27H29N3O3/c1-17-5-3-4-6-24(17)25(16-26(30-33)20-11-12-28-18(2)13-20)19-7-9-22(10-8-19)29-23-14-21(15-23)27(31)32/h3-13,21,23,25,29,33H,14-16H2,1-2H3,(H,31,32)/t21?,23?,25-/m1/s1. The van der Waals surface area contributed by atoms with Crippen LogP contribution in [0.5, 0.6) is 0 Å². The number of carbonyl (C=O) groups is 1. The molecule has 0 bridgehead atoms. The van der Waals surface area contributed by atoms with Crippen molar-refractivity contribution in [1.29, 1.82) is 0 Å². The number of aliphatic carboxylic acids is 1. The van der Waals surface area contributed by atoms with E-state index >= 15 is 0 Å². The Morgan fingerprint density at radius 1 is 1.12 bits per heavy atom. The number of pyridine rings is 1. The number of oxime groups is 1. The first-order chi connectivity index (χ1) is 15.9. The fraction of sp³-hybridized carbons (Fsp3) is 0.296. The molecule has 1 saturated carbocycles. The quantitative estimate of drug-likeness (QED) is 0.247. The molecule has 3 aromatic rings. The molecule has 1 heterocycles. The Morgan fingerprint density at radius 3 is 2.48 bits per heavy atom. The summed E-state index contributed by atoms with van der Waals surface area (Å²) in [4.78, 5) is 15.3. The van der Waals surface area contributed by atoms with Crippen LogP contribution < -0.4 is 5.32 Å². The molecule has 6 nitrogen and oxygen atoms in total. The van der Waals surface area contributed by atoms with Crippen LogP contribution in [0.2, 0.25) is 0 Å². The lowest BCUT2D eigenvalue weighted by atomic mass is 9.80. The van der Waals surface area contributed by atoms with Crippen LogP contribution in [0.15, 0.2) is 72.0 Å². The SMILES string of the molecule is Cc1cc(C(C[C@H](c2ccc(NC3CC(C(=O)O)C3)cc2)c2ccccc2C)=NO)ccn1. The van der Waals surface area contributed by atoms with Crippen LogP contribution in [0.25, 0.3) is 0 Å². The van der Waals surface area contributed by atoms with E-state index in [-0.39, 0.29) is 17.9 Å². The molecule has 33 heavy (non-hydrogen) atoms. The van der Waals surface area contributed by atoms with E-state index in [9.17, 15) is 10.0 Å². The number of rotatable bonds is 8. The molecule has 1 fully saturated rings. The summed E-state index contributed by atoms with van der Waals surface area (Å²) in [5.74, 6) is -0.935. The molecule has 1 atom stereocenters. The van der Waals surface area contributed by atoms with Gasteiger partial charge in [0.1, 0.15) is 0 Å². The third-order valence-electron chi connectivity index (χ3n) is 6.48. The lowest BCUT2D eigenvalue weighted by molar-refractivity contribution is -0.144. The fourth-order valence-corrected chi connectivity index (χ4v) is 4.50. The summed E-state index contributed by atoms with van der Waals surface area (Å²) in [6, 6.07) is 20.6. The molecule has 0 amide bonds. The lowest BCUT2D eigenvalue weighted by Crippen LogP contribution is -2.39. The molecular weight excluding hydrogens is 414 g/mol. The van der Waals surface area contributed by atoms with E-state index in [1.807, 2.05) is 43.3 Å². The predicted molar refractivity (Wildman–Crippen MR) is 129 cm³/mol. The van der Waals surface area contributed by atoms with Gasteiger partial charge in [0, 0.05) is 41.5 Å². The topological polar surface area (TPSA) is 94.8 Å². The minimum absolute atomic E-state index is 0.0136. The van der Waals surface area contributed by atoms with Crippen molar-refractivity contribution in [2.24, 2.45) is 11.1 Å². The molecule has 0 spiro atoms. The third-order valence-corrected chi connectivity index (χ3v) is 6.48. The highest BCUT2D eigenvalue weighted by Crippen LogP contribution is 2.34. The van der Waals surface area contributed by atoms with Gasteiger partial charge in [-0.2, -0.15) is 0 Å². The number of carboxylic acid groups (broad SMARTS) is 1. The molecule has 0 saturated heterocycles. The van der Waals surface area contributed by atoms with E-state index in [1.54, 1.807) is 6.20 Å². The summed E-state index contributed by atoms with van der Waals surface area (Å²) in [5.41, 5.74) is 6.83. The van der Waals surface area contributed by atoms with Gasteiger partial charge in [-0.15, -0.1) is 0 Å². The van der Waals surface area contributed by atoms with Gasteiger partial charge in [-0.25, -0.2) is 0 Å². The predicted octanol–water partition coefficient (Wildman–Crippen LogP) is 5.37. The number of anilines is 1. The van der Waals surface area contributed by atoms with Crippen molar-refractivity contribution in [3.63, 3.8) is 0 Å². The summed E-state index contributed by atoms with van der Waals surface area (Å²) >= 11 is 0.